The Hall–Kier alpha value is -1.49. The molecular formula is C12H13N3O. The number of quaternary nitrogens is 1. The molecule has 0 fully saturated rings. The first-order chi connectivity index (χ1) is 7.86. The molecule has 1 unspecified atom stereocenters. The summed E-state index contributed by atoms with van der Waals surface area (Å²) in [6.07, 6.45) is 6.30. The summed E-state index contributed by atoms with van der Waals surface area (Å²) < 4.78 is 0. The van der Waals surface area contributed by atoms with E-state index < -0.39 is 0 Å². The summed E-state index contributed by atoms with van der Waals surface area (Å²) in [5.74, 6) is 0. The van der Waals surface area contributed by atoms with Crippen molar-refractivity contribution < 1.29 is 5.06 Å². The summed E-state index contributed by atoms with van der Waals surface area (Å²) in [4.78, 5) is 3.97. The highest BCUT2D eigenvalue weighted by atomic mass is 16.5. The lowest BCUT2D eigenvalue weighted by molar-refractivity contribution is -0.722. The predicted octanol–water partition coefficient (Wildman–Crippen LogP) is 0.0662. The Kier molecular flexibility index (Phi) is 2.32. The highest BCUT2D eigenvalue weighted by Crippen LogP contribution is 2.20. The normalized spacial score (nSPS) is 24.3. The Morgan fingerprint density at radius 2 is 2.12 bits per heavy atom. The number of hydrogen-bond acceptors (Lipinski definition) is 3. The quantitative estimate of drug-likeness (QED) is 0.652. The first-order valence-electron chi connectivity index (χ1n) is 5.46. The second kappa shape index (κ2) is 3.83. The second-order valence-corrected chi connectivity index (χ2v) is 4.05. The number of hydroxylamine groups is 2. The fourth-order valence-corrected chi connectivity index (χ4v) is 2.25. The molecule has 0 radical (unpaired) electrons. The van der Waals surface area contributed by atoms with Gasteiger partial charge in [0, 0.05) is 49.1 Å². The largest absolute Gasteiger partial charge is 0.624 e. The fourth-order valence-electron chi connectivity index (χ4n) is 2.25. The Balaban J connectivity index is 1.96. The van der Waals surface area contributed by atoms with Crippen LogP contribution in [0.25, 0.3) is 5.70 Å². The molecule has 1 aromatic rings. The van der Waals surface area contributed by atoms with Crippen LogP contribution in [-0.2, 0) is 0 Å². The van der Waals surface area contributed by atoms with Gasteiger partial charge in [-0.05, 0) is 12.1 Å². The van der Waals surface area contributed by atoms with E-state index in [0.717, 1.165) is 42.0 Å². The van der Waals surface area contributed by atoms with Gasteiger partial charge >= 0.3 is 0 Å². The lowest BCUT2D eigenvalue weighted by Crippen LogP contribution is -3.01. The number of rotatable bonds is 1. The Morgan fingerprint density at radius 3 is 2.88 bits per heavy atom. The van der Waals surface area contributed by atoms with Crippen LogP contribution in [0.3, 0.4) is 0 Å². The standard InChI is InChI=1S/C12H13N3O/c16-15-11-3-6-14-8-10(11)7-12(15)9-1-4-13-5-2-9/h1-2,4-5,7,14-15H,3,6,8H2. The summed E-state index contributed by atoms with van der Waals surface area (Å²) in [5, 5.41) is 15.6. The minimum absolute atomic E-state index is 0.197. The SMILES string of the molecule is [O-][NH+]1C(c2ccncc2)=CC2=C1CCNC2. The van der Waals surface area contributed by atoms with Gasteiger partial charge in [-0.3, -0.25) is 4.98 Å². The van der Waals surface area contributed by atoms with Gasteiger partial charge in [0.2, 0.25) is 0 Å². The average molecular weight is 215 g/mol. The summed E-state index contributed by atoms with van der Waals surface area (Å²) in [7, 11) is 0. The molecule has 1 aromatic heterocycles. The second-order valence-electron chi connectivity index (χ2n) is 4.05. The van der Waals surface area contributed by atoms with Gasteiger partial charge in [0.05, 0.1) is 0 Å². The van der Waals surface area contributed by atoms with Crippen LogP contribution in [-0.4, -0.2) is 18.1 Å². The molecule has 0 aliphatic carbocycles. The molecule has 0 spiro atoms. The molecule has 0 aromatic carbocycles. The number of aromatic nitrogens is 1. The lowest BCUT2D eigenvalue weighted by Gasteiger charge is -2.24. The van der Waals surface area contributed by atoms with E-state index in [-0.39, 0.29) is 5.06 Å². The van der Waals surface area contributed by atoms with Crippen molar-refractivity contribution in [3.63, 3.8) is 0 Å². The molecule has 2 N–H and O–H groups in total. The molecule has 82 valence electrons. The van der Waals surface area contributed by atoms with Crippen molar-refractivity contribution in [1.29, 1.82) is 0 Å². The zero-order chi connectivity index (χ0) is 11.0. The van der Waals surface area contributed by atoms with Crippen LogP contribution < -0.4 is 10.4 Å². The van der Waals surface area contributed by atoms with E-state index in [1.165, 1.54) is 0 Å². The molecule has 2 aliphatic heterocycles. The molecule has 3 rings (SSSR count). The summed E-state index contributed by atoms with van der Waals surface area (Å²) in [6, 6.07) is 3.77. The predicted molar refractivity (Wildman–Crippen MR) is 61.1 cm³/mol. The van der Waals surface area contributed by atoms with E-state index >= 15 is 0 Å². The maximum absolute atomic E-state index is 12.2. The van der Waals surface area contributed by atoms with Gasteiger partial charge in [0.15, 0.2) is 0 Å². The van der Waals surface area contributed by atoms with Crippen molar-refractivity contribution in [1.82, 2.24) is 10.3 Å². The monoisotopic (exact) mass is 215 g/mol. The first-order valence-corrected chi connectivity index (χ1v) is 5.46. The van der Waals surface area contributed by atoms with Gasteiger partial charge in [-0.2, -0.15) is 0 Å². The third kappa shape index (κ3) is 1.48. The fraction of sp³-hybridized carbons (Fsp3) is 0.250. The molecule has 0 amide bonds. The lowest BCUT2D eigenvalue weighted by atomic mass is 10.1. The third-order valence-electron chi connectivity index (χ3n) is 3.08. The topological polar surface area (TPSA) is 52.4 Å². The van der Waals surface area contributed by atoms with Crippen LogP contribution in [0.2, 0.25) is 0 Å². The van der Waals surface area contributed by atoms with Crippen molar-refractivity contribution in [3.8, 4) is 0 Å². The molecule has 3 heterocycles. The minimum atomic E-state index is 0.197. The Bertz CT molecular complexity index is 464. The van der Waals surface area contributed by atoms with E-state index in [1.807, 2.05) is 18.2 Å². The zero-order valence-electron chi connectivity index (χ0n) is 8.86. The van der Waals surface area contributed by atoms with Crippen molar-refractivity contribution >= 4 is 5.70 Å². The average Bonchev–Trinajstić information content (AvgIpc) is 2.69. The maximum Gasteiger partial charge on any atom is 0.143 e. The van der Waals surface area contributed by atoms with E-state index in [4.69, 9.17) is 0 Å². The van der Waals surface area contributed by atoms with E-state index in [1.54, 1.807) is 12.4 Å². The van der Waals surface area contributed by atoms with E-state index in [2.05, 4.69) is 10.3 Å². The first kappa shape index (κ1) is 9.72. The van der Waals surface area contributed by atoms with Crippen molar-refractivity contribution in [2.24, 2.45) is 0 Å². The molecule has 0 bridgehead atoms. The summed E-state index contributed by atoms with van der Waals surface area (Å²) in [5.41, 5.74) is 3.93. The zero-order valence-corrected chi connectivity index (χ0v) is 8.86. The van der Waals surface area contributed by atoms with E-state index in [0.29, 0.717) is 0 Å². The number of pyridine rings is 1. The summed E-state index contributed by atoms with van der Waals surface area (Å²) >= 11 is 0. The van der Waals surface area contributed by atoms with Crippen LogP contribution >= 0.6 is 0 Å². The number of nitrogens with zero attached hydrogens (tertiary/aromatic N) is 1. The van der Waals surface area contributed by atoms with Gasteiger partial charge in [0.1, 0.15) is 11.4 Å². The minimum Gasteiger partial charge on any atom is -0.624 e. The maximum atomic E-state index is 12.2. The molecule has 1 atom stereocenters. The van der Waals surface area contributed by atoms with Gasteiger partial charge in [0.25, 0.3) is 0 Å². The molecule has 2 aliphatic rings. The number of nitrogens with one attached hydrogen (secondary N) is 2. The Labute approximate surface area is 93.9 Å². The van der Waals surface area contributed by atoms with Crippen molar-refractivity contribution in [2.45, 2.75) is 6.42 Å². The molecule has 16 heavy (non-hydrogen) atoms. The molecule has 0 saturated carbocycles. The van der Waals surface area contributed by atoms with Crippen LogP contribution in [0, 0.1) is 5.21 Å². The van der Waals surface area contributed by atoms with Gasteiger partial charge < -0.3 is 15.6 Å². The van der Waals surface area contributed by atoms with Crippen LogP contribution in [0.4, 0.5) is 0 Å². The smallest absolute Gasteiger partial charge is 0.143 e. The molecule has 4 nitrogen and oxygen atoms in total. The van der Waals surface area contributed by atoms with E-state index in [9.17, 15) is 5.21 Å². The summed E-state index contributed by atoms with van der Waals surface area (Å²) in [6.45, 7) is 1.72. The number of hydrogen-bond donors (Lipinski definition) is 2. The molecule has 4 heteroatoms. The molecular weight excluding hydrogens is 202 g/mol. The van der Waals surface area contributed by atoms with Crippen LogP contribution in [0.15, 0.2) is 41.9 Å². The highest BCUT2D eigenvalue weighted by molar-refractivity contribution is 5.65. The third-order valence-corrected chi connectivity index (χ3v) is 3.08. The van der Waals surface area contributed by atoms with Gasteiger partial charge in [-0.1, -0.05) is 0 Å². The van der Waals surface area contributed by atoms with Crippen molar-refractivity contribution in [2.75, 3.05) is 13.1 Å². The Morgan fingerprint density at radius 1 is 1.31 bits per heavy atom. The molecule has 0 saturated heterocycles. The van der Waals surface area contributed by atoms with Gasteiger partial charge in [-0.25, -0.2) is 0 Å². The van der Waals surface area contributed by atoms with Crippen LogP contribution in [0.5, 0.6) is 0 Å². The highest BCUT2D eigenvalue weighted by Gasteiger charge is 2.27. The van der Waals surface area contributed by atoms with Crippen molar-refractivity contribution in [3.05, 3.63) is 52.6 Å². The van der Waals surface area contributed by atoms with Crippen LogP contribution in [0.1, 0.15) is 12.0 Å². The van der Waals surface area contributed by atoms with Gasteiger partial charge in [-0.15, -0.1) is 0 Å².